The molecule has 1 amide bonds. The Morgan fingerprint density at radius 2 is 2.22 bits per heavy atom. The number of fused-ring (bicyclic) bond motifs is 1. The van der Waals surface area contributed by atoms with E-state index in [1.54, 1.807) is 6.26 Å². The van der Waals surface area contributed by atoms with Gasteiger partial charge in [0.15, 0.2) is 0 Å². The molecule has 1 aromatic carbocycles. The third-order valence-electron chi connectivity index (χ3n) is 5.07. The topological polar surface area (TPSA) is 74.2 Å². The molecule has 1 aliphatic rings. The average Bonchev–Trinajstić information content (AvgIpc) is 3.30. The quantitative estimate of drug-likeness (QED) is 0.699. The van der Waals surface area contributed by atoms with Gasteiger partial charge in [0.05, 0.1) is 17.3 Å². The molecule has 142 valence electrons. The summed E-state index contributed by atoms with van der Waals surface area (Å²) in [6.07, 6.45) is 4.00. The van der Waals surface area contributed by atoms with Crippen LogP contribution in [-0.4, -0.2) is 35.0 Å². The molecule has 0 radical (unpaired) electrons. The molecular weight excluding hydrogens is 364 g/mol. The third-order valence-corrected chi connectivity index (χ3v) is 5.31. The number of amides is 1. The van der Waals surface area contributed by atoms with Crippen LogP contribution in [0.3, 0.4) is 0 Å². The van der Waals surface area contributed by atoms with Crippen molar-refractivity contribution >= 4 is 34.5 Å². The highest BCUT2D eigenvalue weighted by atomic mass is 35.5. The Balaban J connectivity index is 1.31. The van der Waals surface area contributed by atoms with Gasteiger partial charge in [0.1, 0.15) is 5.76 Å². The second-order valence-corrected chi connectivity index (χ2v) is 7.61. The highest BCUT2D eigenvalue weighted by Gasteiger charge is 2.27. The van der Waals surface area contributed by atoms with E-state index in [9.17, 15) is 4.79 Å². The summed E-state index contributed by atoms with van der Waals surface area (Å²) in [6.45, 7) is 3.62. The zero-order valence-corrected chi connectivity index (χ0v) is 16.0. The number of aromatic nitrogens is 2. The standard InChI is InChI=1S/C20H23ClN4O2/c1-13(11-16-3-2-10-27-16)22-19(26)14-6-8-25(9-7-14)20-23-17-5-4-15(21)12-18(17)24-20/h2-5,10,12-14H,6-9,11H2,1H3,(H,22,26)(H,23,24). The predicted molar refractivity (Wildman–Crippen MR) is 106 cm³/mol. The molecule has 2 aromatic heterocycles. The van der Waals surface area contributed by atoms with Gasteiger partial charge in [-0.05, 0) is 50.1 Å². The number of carbonyl (C=O) groups is 1. The van der Waals surface area contributed by atoms with Gasteiger partial charge in [-0.2, -0.15) is 0 Å². The number of aromatic amines is 1. The number of rotatable bonds is 5. The molecule has 2 N–H and O–H groups in total. The van der Waals surface area contributed by atoms with Gasteiger partial charge in [-0.1, -0.05) is 11.6 Å². The van der Waals surface area contributed by atoms with Gasteiger partial charge in [-0.3, -0.25) is 4.79 Å². The zero-order valence-electron chi connectivity index (χ0n) is 15.2. The van der Waals surface area contributed by atoms with Crippen LogP contribution in [0.1, 0.15) is 25.5 Å². The van der Waals surface area contributed by atoms with Crippen LogP contribution in [0, 0.1) is 5.92 Å². The second-order valence-electron chi connectivity index (χ2n) is 7.18. The van der Waals surface area contributed by atoms with E-state index in [0.29, 0.717) is 11.4 Å². The molecule has 3 heterocycles. The lowest BCUT2D eigenvalue weighted by Crippen LogP contribution is -2.43. The van der Waals surface area contributed by atoms with E-state index in [1.807, 2.05) is 37.3 Å². The number of nitrogens with one attached hydrogen (secondary N) is 2. The van der Waals surface area contributed by atoms with E-state index in [2.05, 4.69) is 20.2 Å². The number of halogens is 1. The van der Waals surface area contributed by atoms with E-state index >= 15 is 0 Å². The van der Waals surface area contributed by atoms with Crippen molar-refractivity contribution in [2.24, 2.45) is 5.92 Å². The maximum atomic E-state index is 12.6. The molecule has 0 saturated carbocycles. The minimum atomic E-state index is 0.0409. The van der Waals surface area contributed by atoms with E-state index < -0.39 is 0 Å². The van der Waals surface area contributed by atoms with Crippen molar-refractivity contribution in [1.82, 2.24) is 15.3 Å². The minimum Gasteiger partial charge on any atom is -0.469 e. The number of anilines is 1. The predicted octanol–water partition coefficient (Wildman–Crippen LogP) is 3.77. The second kappa shape index (κ2) is 7.64. The molecule has 4 rings (SSSR count). The zero-order chi connectivity index (χ0) is 18.8. The Bertz CT molecular complexity index is 913. The molecule has 3 aromatic rings. The molecule has 1 saturated heterocycles. The van der Waals surface area contributed by atoms with Crippen molar-refractivity contribution in [3.05, 3.63) is 47.4 Å². The Hall–Kier alpha value is -2.47. The number of piperidine rings is 1. The van der Waals surface area contributed by atoms with Gasteiger partial charge in [-0.15, -0.1) is 0 Å². The van der Waals surface area contributed by atoms with E-state index in [1.165, 1.54) is 0 Å². The number of furan rings is 1. The molecular formula is C20H23ClN4O2. The molecule has 0 aliphatic carbocycles. The lowest BCUT2D eigenvalue weighted by molar-refractivity contribution is -0.126. The Morgan fingerprint density at radius 1 is 1.41 bits per heavy atom. The minimum absolute atomic E-state index is 0.0409. The fraction of sp³-hybridized carbons (Fsp3) is 0.400. The number of hydrogen-bond donors (Lipinski definition) is 2. The summed E-state index contributed by atoms with van der Waals surface area (Å²) in [5, 5.41) is 3.81. The van der Waals surface area contributed by atoms with Gasteiger partial charge in [0, 0.05) is 36.5 Å². The van der Waals surface area contributed by atoms with Crippen LogP contribution in [-0.2, 0) is 11.2 Å². The average molecular weight is 387 g/mol. The van der Waals surface area contributed by atoms with E-state index in [0.717, 1.165) is 48.7 Å². The first kappa shape index (κ1) is 17.9. The van der Waals surface area contributed by atoms with Crippen molar-refractivity contribution in [2.45, 2.75) is 32.2 Å². The lowest BCUT2D eigenvalue weighted by Gasteiger charge is -2.31. The molecule has 0 spiro atoms. The Kier molecular flexibility index (Phi) is 5.07. The third kappa shape index (κ3) is 4.11. The summed E-state index contributed by atoms with van der Waals surface area (Å²) in [7, 11) is 0. The van der Waals surface area contributed by atoms with Crippen molar-refractivity contribution in [2.75, 3.05) is 18.0 Å². The maximum absolute atomic E-state index is 12.6. The van der Waals surface area contributed by atoms with Gasteiger partial charge in [0.2, 0.25) is 11.9 Å². The van der Waals surface area contributed by atoms with Crippen LogP contribution < -0.4 is 10.2 Å². The van der Waals surface area contributed by atoms with Crippen molar-refractivity contribution < 1.29 is 9.21 Å². The molecule has 6 nitrogen and oxygen atoms in total. The lowest BCUT2D eigenvalue weighted by atomic mass is 9.95. The monoisotopic (exact) mass is 386 g/mol. The summed E-state index contributed by atoms with van der Waals surface area (Å²) in [6, 6.07) is 9.50. The molecule has 1 atom stereocenters. The van der Waals surface area contributed by atoms with Gasteiger partial charge in [-0.25, -0.2) is 4.98 Å². The van der Waals surface area contributed by atoms with Crippen molar-refractivity contribution in [3.63, 3.8) is 0 Å². The highest BCUT2D eigenvalue weighted by Crippen LogP contribution is 2.25. The van der Waals surface area contributed by atoms with Crippen LogP contribution in [0.5, 0.6) is 0 Å². The van der Waals surface area contributed by atoms with Crippen LogP contribution in [0.15, 0.2) is 41.0 Å². The first-order valence-corrected chi connectivity index (χ1v) is 9.69. The fourth-order valence-electron chi connectivity index (χ4n) is 3.61. The molecule has 1 fully saturated rings. The van der Waals surface area contributed by atoms with Crippen molar-refractivity contribution in [3.8, 4) is 0 Å². The fourth-order valence-corrected chi connectivity index (χ4v) is 3.79. The number of hydrogen-bond acceptors (Lipinski definition) is 4. The number of carbonyl (C=O) groups excluding carboxylic acids is 1. The van der Waals surface area contributed by atoms with Gasteiger partial charge >= 0.3 is 0 Å². The first-order valence-electron chi connectivity index (χ1n) is 9.31. The van der Waals surface area contributed by atoms with Gasteiger partial charge in [0.25, 0.3) is 0 Å². The number of benzene rings is 1. The van der Waals surface area contributed by atoms with Crippen LogP contribution >= 0.6 is 11.6 Å². The van der Waals surface area contributed by atoms with E-state index in [4.69, 9.17) is 16.0 Å². The first-order chi connectivity index (χ1) is 13.1. The molecule has 1 unspecified atom stereocenters. The highest BCUT2D eigenvalue weighted by molar-refractivity contribution is 6.31. The summed E-state index contributed by atoms with van der Waals surface area (Å²) in [5.41, 5.74) is 1.84. The van der Waals surface area contributed by atoms with Gasteiger partial charge < -0.3 is 19.6 Å². The number of nitrogens with zero attached hydrogens (tertiary/aromatic N) is 2. The SMILES string of the molecule is CC(Cc1ccco1)NC(=O)C1CCN(c2nc3ccc(Cl)cc3[nH]2)CC1. The normalized spacial score (nSPS) is 16.6. The summed E-state index contributed by atoms with van der Waals surface area (Å²) in [4.78, 5) is 22.7. The van der Waals surface area contributed by atoms with E-state index in [-0.39, 0.29) is 17.9 Å². The molecule has 7 heteroatoms. The largest absolute Gasteiger partial charge is 0.469 e. The summed E-state index contributed by atoms with van der Waals surface area (Å²) in [5.74, 6) is 1.91. The van der Waals surface area contributed by atoms with Crippen LogP contribution in [0.2, 0.25) is 5.02 Å². The summed E-state index contributed by atoms with van der Waals surface area (Å²) < 4.78 is 5.35. The number of H-pyrrole nitrogens is 1. The summed E-state index contributed by atoms with van der Waals surface area (Å²) >= 11 is 6.04. The number of imidazole rings is 1. The Morgan fingerprint density at radius 3 is 2.96 bits per heavy atom. The molecule has 0 bridgehead atoms. The van der Waals surface area contributed by atoms with Crippen molar-refractivity contribution in [1.29, 1.82) is 0 Å². The maximum Gasteiger partial charge on any atom is 0.223 e. The van der Waals surface area contributed by atoms with Crippen LogP contribution in [0.25, 0.3) is 11.0 Å². The smallest absolute Gasteiger partial charge is 0.223 e. The van der Waals surface area contributed by atoms with Crippen LogP contribution in [0.4, 0.5) is 5.95 Å². The Labute approximate surface area is 162 Å². The molecule has 27 heavy (non-hydrogen) atoms. The molecule has 1 aliphatic heterocycles.